The van der Waals surface area contributed by atoms with Crippen LogP contribution in [0.15, 0.2) is 121 Å². The van der Waals surface area contributed by atoms with E-state index in [1.165, 1.54) is 29.4 Å². The first-order valence-corrected chi connectivity index (χ1v) is 19.3. The van der Waals surface area contributed by atoms with Gasteiger partial charge in [0.15, 0.2) is 0 Å². The van der Waals surface area contributed by atoms with Crippen LogP contribution in [0.25, 0.3) is 0 Å². The van der Waals surface area contributed by atoms with E-state index in [0.29, 0.717) is 18.0 Å². The number of anilines is 5. The maximum absolute atomic E-state index is 11.9. The minimum atomic E-state index is -0.441. The van der Waals surface area contributed by atoms with Gasteiger partial charge in [-0.25, -0.2) is 19.2 Å². The minimum absolute atomic E-state index is 0.294. The number of urea groups is 2. The van der Waals surface area contributed by atoms with Gasteiger partial charge in [0, 0.05) is 35.5 Å². The smallest absolute Gasteiger partial charge is 0.411 e. The molecular formula is C46H56N6O6. The molecule has 0 unspecified atom stereocenters. The van der Waals surface area contributed by atoms with Crippen molar-refractivity contribution in [2.45, 2.75) is 59.8 Å². The fraction of sp³-hybridized carbons (Fsp3) is 0.261. The van der Waals surface area contributed by atoms with Crippen LogP contribution in [0.3, 0.4) is 0 Å². The Balaban J connectivity index is 0.000000242. The van der Waals surface area contributed by atoms with Gasteiger partial charge in [0.05, 0.1) is 13.7 Å². The van der Waals surface area contributed by atoms with E-state index in [1.54, 1.807) is 31.3 Å². The molecule has 0 heterocycles. The van der Waals surface area contributed by atoms with E-state index >= 15 is 0 Å². The number of carbonyl (C=O) groups is 4. The lowest BCUT2D eigenvalue weighted by Crippen LogP contribution is -2.24. The molecule has 306 valence electrons. The van der Waals surface area contributed by atoms with Gasteiger partial charge in [-0.15, -0.1) is 0 Å². The quantitative estimate of drug-likeness (QED) is 0.0690. The Morgan fingerprint density at radius 1 is 0.483 bits per heavy atom. The maximum Gasteiger partial charge on any atom is 0.411 e. The van der Waals surface area contributed by atoms with Gasteiger partial charge in [-0.1, -0.05) is 98.5 Å². The van der Waals surface area contributed by atoms with Crippen LogP contribution >= 0.6 is 0 Å². The predicted molar refractivity (Wildman–Crippen MR) is 235 cm³/mol. The molecule has 0 atom stereocenters. The van der Waals surface area contributed by atoms with Crippen LogP contribution in [0.5, 0.6) is 0 Å². The summed E-state index contributed by atoms with van der Waals surface area (Å²) >= 11 is 0. The van der Waals surface area contributed by atoms with Crippen LogP contribution in [-0.4, -0.2) is 45.0 Å². The molecule has 0 aliphatic rings. The van der Waals surface area contributed by atoms with Crippen LogP contribution in [0.4, 0.5) is 47.6 Å². The second-order valence-corrected chi connectivity index (χ2v) is 13.2. The van der Waals surface area contributed by atoms with Crippen molar-refractivity contribution in [2.75, 3.05) is 47.3 Å². The summed E-state index contributed by atoms with van der Waals surface area (Å²) in [7, 11) is 2.89. The van der Waals surface area contributed by atoms with Gasteiger partial charge in [0.25, 0.3) is 0 Å². The molecule has 0 bridgehead atoms. The van der Waals surface area contributed by atoms with Crippen molar-refractivity contribution in [3.8, 4) is 0 Å². The van der Waals surface area contributed by atoms with Crippen molar-refractivity contribution in [1.82, 2.24) is 5.32 Å². The molecule has 12 heteroatoms. The molecule has 0 spiro atoms. The first-order chi connectivity index (χ1) is 28.0. The summed E-state index contributed by atoms with van der Waals surface area (Å²) < 4.78 is 9.60. The first-order valence-electron chi connectivity index (χ1n) is 19.3. The fourth-order valence-corrected chi connectivity index (χ4v) is 5.07. The molecular weight excluding hydrogens is 733 g/mol. The Bertz CT molecular complexity index is 1980. The van der Waals surface area contributed by atoms with Gasteiger partial charge < -0.3 is 30.7 Å². The van der Waals surface area contributed by atoms with Crippen LogP contribution in [0, 0.1) is 13.8 Å². The number of carbonyl (C=O) groups excluding carboxylic acids is 4. The topological polar surface area (TPSA) is 159 Å². The number of unbranched alkanes of at least 4 members (excludes halogenated alkanes) is 2. The number of hydrogen-bond donors (Lipinski definition) is 6. The van der Waals surface area contributed by atoms with E-state index in [4.69, 9.17) is 4.74 Å². The molecule has 6 N–H and O–H groups in total. The number of methoxy groups -OCH3 is 1. The summed E-state index contributed by atoms with van der Waals surface area (Å²) in [5.41, 5.74) is 9.66. The molecule has 0 aliphatic heterocycles. The number of benzene rings is 5. The van der Waals surface area contributed by atoms with Gasteiger partial charge >= 0.3 is 24.2 Å². The number of hydrogen-bond acceptors (Lipinski definition) is 6. The number of aryl methyl sites for hydroxylation is 3. The van der Waals surface area contributed by atoms with Gasteiger partial charge in [-0.05, 0) is 110 Å². The molecule has 0 fully saturated rings. The van der Waals surface area contributed by atoms with Crippen molar-refractivity contribution < 1.29 is 28.7 Å². The summed E-state index contributed by atoms with van der Waals surface area (Å²) in [4.78, 5) is 45.5. The Morgan fingerprint density at radius 2 is 0.862 bits per heavy atom. The summed E-state index contributed by atoms with van der Waals surface area (Å²) in [6.45, 7) is 8.76. The van der Waals surface area contributed by atoms with Crippen LogP contribution < -0.4 is 31.9 Å². The van der Waals surface area contributed by atoms with Crippen molar-refractivity contribution in [3.63, 3.8) is 0 Å². The average molecular weight is 789 g/mol. The Morgan fingerprint density at radius 3 is 1.31 bits per heavy atom. The number of nitrogens with one attached hydrogen (secondary N) is 6. The highest BCUT2D eigenvalue weighted by molar-refractivity contribution is 6.00. The third-order valence-electron chi connectivity index (χ3n) is 8.44. The summed E-state index contributed by atoms with van der Waals surface area (Å²) in [6.07, 6.45) is 4.19. The monoisotopic (exact) mass is 788 g/mol. The Labute approximate surface area is 342 Å². The molecule has 0 aromatic heterocycles. The second-order valence-electron chi connectivity index (χ2n) is 13.2. The molecule has 5 rings (SSSR count). The van der Waals surface area contributed by atoms with Crippen LogP contribution in [0.2, 0.25) is 0 Å². The van der Waals surface area contributed by atoms with Gasteiger partial charge in [0.1, 0.15) is 0 Å². The molecule has 12 nitrogen and oxygen atoms in total. The molecule has 0 aliphatic carbocycles. The van der Waals surface area contributed by atoms with E-state index in [-0.39, 0.29) is 18.2 Å². The maximum atomic E-state index is 11.9. The zero-order chi connectivity index (χ0) is 42.1. The average Bonchev–Trinajstić information content (AvgIpc) is 3.23. The molecule has 6 amide bonds. The zero-order valence-corrected chi connectivity index (χ0v) is 34.2. The minimum Gasteiger partial charge on any atom is -0.453 e. The van der Waals surface area contributed by atoms with E-state index in [9.17, 15) is 19.2 Å². The van der Waals surface area contributed by atoms with Crippen molar-refractivity contribution in [3.05, 3.63) is 149 Å². The van der Waals surface area contributed by atoms with Gasteiger partial charge in [-0.3, -0.25) is 10.6 Å². The lowest BCUT2D eigenvalue weighted by Gasteiger charge is -2.09. The number of rotatable bonds is 12. The fourth-order valence-electron chi connectivity index (χ4n) is 5.07. The number of amides is 6. The third-order valence-corrected chi connectivity index (χ3v) is 8.44. The van der Waals surface area contributed by atoms with Crippen molar-refractivity contribution >= 4 is 52.7 Å². The summed E-state index contributed by atoms with van der Waals surface area (Å²) in [5, 5.41) is 15.9. The summed E-state index contributed by atoms with van der Waals surface area (Å²) in [5.74, 6) is 0. The first kappa shape index (κ1) is 45.6. The SMILES string of the molecule is CCCCCOC(=O)Nc1ccc(Cc2ccc(C)cc2)cc1.CCc1ccc(NC(=O)OC)cc1.CNC(=O)Nc1ccc(NC(=O)Nc2ccc(C)cc2)cc1. The van der Waals surface area contributed by atoms with Gasteiger partial charge in [-0.2, -0.15) is 0 Å². The van der Waals surface area contributed by atoms with E-state index in [0.717, 1.165) is 54.7 Å². The largest absolute Gasteiger partial charge is 0.453 e. The molecule has 58 heavy (non-hydrogen) atoms. The molecule has 0 radical (unpaired) electrons. The lowest BCUT2D eigenvalue weighted by atomic mass is 10.0. The zero-order valence-electron chi connectivity index (χ0n) is 34.2. The normalized spacial score (nSPS) is 9.90. The third kappa shape index (κ3) is 18.2. The molecule has 0 saturated heterocycles. The standard InChI is InChI=1S/C20H25NO2.C16H18N4O2.C10H13NO2/c1-3-4-5-14-23-20(22)21-19-12-10-18(11-13-19)15-17-8-6-16(2)7-9-17;1-11-3-5-12(6-4-11)19-16(22)20-14-9-7-13(8-10-14)18-15(21)17-2;1-3-8-4-6-9(7-5-8)11-10(12)13-2/h6-13H,3-5,14-15H2,1-2H3,(H,21,22);3-10H,1-2H3,(H2,17,18,21)(H2,19,20,22);4-7H,3H2,1-2H3,(H,11,12). The predicted octanol–water partition coefficient (Wildman–Crippen LogP) is 11.1. The Kier molecular flexibility index (Phi) is 19.9. The van der Waals surface area contributed by atoms with Crippen LogP contribution in [-0.2, 0) is 22.3 Å². The van der Waals surface area contributed by atoms with Crippen molar-refractivity contribution in [2.24, 2.45) is 0 Å². The number of ether oxygens (including phenoxy) is 2. The van der Waals surface area contributed by atoms with E-state index < -0.39 is 6.09 Å². The van der Waals surface area contributed by atoms with E-state index in [2.05, 4.69) is 81.7 Å². The van der Waals surface area contributed by atoms with Crippen LogP contribution in [0.1, 0.15) is 60.9 Å². The lowest BCUT2D eigenvalue weighted by molar-refractivity contribution is 0.159. The second kappa shape index (κ2) is 25.4. The molecule has 5 aromatic rings. The highest BCUT2D eigenvalue weighted by Crippen LogP contribution is 2.16. The van der Waals surface area contributed by atoms with Crippen molar-refractivity contribution in [1.29, 1.82) is 0 Å². The van der Waals surface area contributed by atoms with E-state index in [1.807, 2.05) is 79.7 Å². The Hall–Kier alpha value is -6.82. The summed E-state index contributed by atoms with van der Waals surface area (Å²) in [6, 6.07) is 37.8. The molecule has 5 aromatic carbocycles. The molecule has 0 saturated carbocycles. The highest BCUT2D eigenvalue weighted by atomic mass is 16.5. The highest BCUT2D eigenvalue weighted by Gasteiger charge is 2.05. The van der Waals surface area contributed by atoms with Gasteiger partial charge in [0.2, 0.25) is 0 Å².